The lowest BCUT2D eigenvalue weighted by Gasteiger charge is -2.04. The SMILES string of the molecule is Cc1ccnc(NCCC2CC2)c1. The van der Waals surface area contributed by atoms with Crippen molar-refractivity contribution in [2.24, 2.45) is 5.92 Å². The van der Waals surface area contributed by atoms with Crippen LogP contribution < -0.4 is 5.32 Å². The summed E-state index contributed by atoms with van der Waals surface area (Å²) in [6, 6.07) is 4.11. The number of anilines is 1. The van der Waals surface area contributed by atoms with Gasteiger partial charge in [-0.15, -0.1) is 0 Å². The van der Waals surface area contributed by atoms with E-state index < -0.39 is 0 Å². The molecule has 2 rings (SSSR count). The highest BCUT2D eigenvalue weighted by Gasteiger charge is 2.20. The monoisotopic (exact) mass is 176 g/mol. The van der Waals surface area contributed by atoms with Crippen molar-refractivity contribution in [2.75, 3.05) is 11.9 Å². The molecule has 2 heteroatoms. The fourth-order valence-corrected chi connectivity index (χ4v) is 1.44. The Bertz CT molecular complexity index is 279. The van der Waals surface area contributed by atoms with E-state index in [1.54, 1.807) is 0 Å². The molecular weight excluding hydrogens is 160 g/mol. The van der Waals surface area contributed by atoms with Gasteiger partial charge in [0.1, 0.15) is 5.82 Å². The molecule has 0 bridgehead atoms. The van der Waals surface area contributed by atoms with E-state index in [0.29, 0.717) is 0 Å². The first-order valence-electron chi connectivity index (χ1n) is 5.01. The summed E-state index contributed by atoms with van der Waals surface area (Å²) in [4.78, 5) is 4.25. The molecule has 1 heterocycles. The second kappa shape index (κ2) is 3.77. The molecule has 0 amide bonds. The summed E-state index contributed by atoms with van der Waals surface area (Å²) in [6.07, 6.45) is 6.02. The number of nitrogens with zero attached hydrogens (tertiary/aromatic N) is 1. The fraction of sp³-hybridized carbons (Fsp3) is 0.545. The van der Waals surface area contributed by atoms with E-state index in [1.807, 2.05) is 12.3 Å². The Morgan fingerprint density at radius 1 is 1.54 bits per heavy atom. The van der Waals surface area contributed by atoms with Crippen LogP contribution in [0.5, 0.6) is 0 Å². The van der Waals surface area contributed by atoms with E-state index in [1.165, 1.54) is 24.8 Å². The number of hydrogen-bond acceptors (Lipinski definition) is 2. The van der Waals surface area contributed by atoms with Crippen LogP contribution in [0, 0.1) is 12.8 Å². The number of rotatable bonds is 4. The van der Waals surface area contributed by atoms with Crippen LogP contribution in [0.2, 0.25) is 0 Å². The van der Waals surface area contributed by atoms with E-state index >= 15 is 0 Å². The normalized spacial score (nSPS) is 15.8. The summed E-state index contributed by atoms with van der Waals surface area (Å²) in [7, 11) is 0. The fourth-order valence-electron chi connectivity index (χ4n) is 1.44. The van der Waals surface area contributed by atoms with Crippen molar-refractivity contribution in [2.45, 2.75) is 26.2 Å². The molecule has 1 aliphatic carbocycles. The number of nitrogens with one attached hydrogen (secondary N) is 1. The van der Waals surface area contributed by atoms with Crippen LogP contribution in [0.25, 0.3) is 0 Å². The average molecular weight is 176 g/mol. The maximum absolute atomic E-state index is 4.25. The van der Waals surface area contributed by atoms with E-state index in [9.17, 15) is 0 Å². The molecule has 13 heavy (non-hydrogen) atoms. The van der Waals surface area contributed by atoms with Gasteiger partial charge in [-0.05, 0) is 37.0 Å². The molecule has 1 fully saturated rings. The number of aryl methyl sites for hydroxylation is 1. The highest BCUT2D eigenvalue weighted by molar-refractivity contribution is 5.36. The molecule has 70 valence electrons. The Kier molecular flexibility index (Phi) is 2.48. The van der Waals surface area contributed by atoms with Crippen LogP contribution in [0.3, 0.4) is 0 Å². The smallest absolute Gasteiger partial charge is 0.126 e. The van der Waals surface area contributed by atoms with Crippen LogP contribution >= 0.6 is 0 Å². The molecule has 0 radical (unpaired) electrons. The molecular formula is C11H16N2. The first-order chi connectivity index (χ1) is 6.34. The predicted octanol–water partition coefficient (Wildman–Crippen LogP) is 2.60. The molecule has 0 atom stereocenters. The highest BCUT2D eigenvalue weighted by atomic mass is 15.0. The second-order valence-corrected chi connectivity index (χ2v) is 3.88. The van der Waals surface area contributed by atoms with Crippen molar-refractivity contribution in [3.8, 4) is 0 Å². The summed E-state index contributed by atoms with van der Waals surface area (Å²) >= 11 is 0. The van der Waals surface area contributed by atoms with E-state index in [0.717, 1.165) is 18.3 Å². The van der Waals surface area contributed by atoms with Crippen molar-refractivity contribution >= 4 is 5.82 Å². The second-order valence-electron chi connectivity index (χ2n) is 3.88. The van der Waals surface area contributed by atoms with Gasteiger partial charge in [-0.2, -0.15) is 0 Å². The standard InChI is InChI=1S/C11H16N2/c1-9-4-6-12-11(8-9)13-7-5-10-2-3-10/h4,6,8,10H,2-3,5,7H2,1H3,(H,12,13). The van der Waals surface area contributed by atoms with Gasteiger partial charge in [0.15, 0.2) is 0 Å². The highest BCUT2D eigenvalue weighted by Crippen LogP contribution is 2.31. The number of pyridine rings is 1. The minimum atomic E-state index is 0.998. The summed E-state index contributed by atoms with van der Waals surface area (Å²) in [5, 5.41) is 3.35. The Labute approximate surface area is 79.4 Å². The minimum absolute atomic E-state index is 0.998. The van der Waals surface area contributed by atoms with Crippen LogP contribution in [0.4, 0.5) is 5.82 Å². The van der Waals surface area contributed by atoms with Crippen molar-refractivity contribution in [1.29, 1.82) is 0 Å². The first-order valence-corrected chi connectivity index (χ1v) is 5.01. The maximum atomic E-state index is 4.25. The Morgan fingerprint density at radius 3 is 3.08 bits per heavy atom. The Balaban J connectivity index is 1.79. The molecule has 2 nitrogen and oxygen atoms in total. The quantitative estimate of drug-likeness (QED) is 0.762. The largest absolute Gasteiger partial charge is 0.370 e. The predicted molar refractivity (Wildman–Crippen MR) is 54.8 cm³/mol. The van der Waals surface area contributed by atoms with Gasteiger partial charge < -0.3 is 5.32 Å². The molecule has 1 aromatic rings. The average Bonchev–Trinajstić information content (AvgIpc) is 2.88. The molecule has 1 aliphatic rings. The van der Waals surface area contributed by atoms with Gasteiger partial charge in [0.2, 0.25) is 0 Å². The third kappa shape index (κ3) is 2.72. The summed E-state index contributed by atoms with van der Waals surface area (Å²) in [5.41, 5.74) is 1.27. The lowest BCUT2D eigenvalue weighted by atomic mass is 10.3. The minimum Gasteiger partial charge on any atom is -0.370 e. The van der Waals surface area contributed by atoms with Crippen LogP contribution in [0.15, 0.2) is 18.3 Å². The third-order valence-corrected chi connectivity index (χ3v) is 2.47. The summed E-state index contributed by atoms with van der Waals surface area (Å²) < 4.78 is 0. The zero-order valence-corrected chi connectivity index (χ0v) is 8.09. The first kappa shape index (κ1) is 8.54. The molecule has 0 unspecified atom stereocenters. The van der Waals surface area contributed by atoms with E-state index in [2.05, 4.69) is 23.3 Å². The Hall–Kier alpha value is -1.05. The van der Waals surface area contributed by atoms with Gasteiger partial charge in [-0.3, -0.25) is 0 Å². The number of aromatic nitrogens is 1. The van der Waals surface area contributed by atoms with Crippen molar-refractivity contribution in [1.82, 2.24) is 4.98 Å². The molecule has 1 saturated carbocycles. The topological polar surface area (TPSA) is 24.9 Å². The molecule has 0 aromatic carbocycles. The van der Waals surface area contributed by atoms with Crippen LogP contribution in [0.1, 0.15) is 24.8 Å². The van der Waals surface area contributed by atoms with Crippen molar-refractivity contribution < 1.29 is 0 Å². The molecule has 1 aromatic heterocycles. The van der Waals surface area contributed by atoms with Gasteiger partial charge in [-0.1, -0.05) is 12.8 Å². The van der Waals surface area contributed by atoms with Crippen LogP contribution in [-0.2, 0) is 0 Å². The lowest BCUT2D eigenvalue weighted by Crippen LogP contribution is -2.03. The zero-order chi connectivity index (χ0) is 9.10. The van der Waals surface area contributed by atoms with Gasteiger partial charge >= 0.3 is 0 Å². The van der Waals surface area contributed by atoms with Crippen LogP contribution in [-0.4, -0.2) is 11.5 Å². The van der Waals surface area contributed by atoms with Crippen molar-refractivity contribution in [3.05, 3.63) is 23.9 Å². The number of hydrogen-bond donors (Lipinski definition) is 1. The van der Waals surface area contributed by atoms with Gasteiger partial charge in [0.05, 0.1) is 0 Å². The van der Waals surface area contributed by atoms with Crippen molar-refractivity contribution in [3.63, 3.8) is 0 Å². The molecule has 1 N–H and O–H groups in total. The van der Waals surface area contributed by atoms with E-state index in [-0.39, 0.29) is 0 Å². The summed E-state index contributed by atoms with van der Waals surface area (Å²) in [6.45, 7) is 3.16. The summed E-state index contributed by atoms with van der Waals surface area (Å²) in [5.74, 6) is 2.01. The lowest BCUT2D eigenvalue weighted by molar-refractivity contribution is 0.758. The van der Waals surface area contributed by atoms with Gasteiger partial charge in [0, 0.05) is 12.7 Å². The molecule has 0 aliphatic heterocycles. The maximum Gasteiger partial charge on any atom is 0.126 e. The van der Waals surface area contributed by atoms with Gasteiger partial charge in [0.25, 0.3) is 0 Å². The van der Waals surface area contributed by atoms with E-state index in [4.69, 9.17) is 0 Å². The van der Waals surface area contributed by atoms with Gasteiger partial charge in [-0.25, -0.2) is 4.98 Å². The zero-order valence-electron chi connectivity index (χ0n) is 8.09. The molecule has 0 spiro atoms. The molecule has 0 saturated heterocycles. The Morgan fingerprint density at radius 2 is 2.38 bits per heavy atom. The third-order valence-electron chi connectivity index (χ3n) is 2.47.